The molecule has 0 radical (unpaired) electrons. The van der Waals surface area contributed by atoms with Crippen molar-refractivity contribution in [3.8, 4) is 0 Å². The summed E-state index contributed by atoms with van der Waals surface area (Å²) < 4.78 is 0.994. The highest BCUT2D eigenvalue weighted by Gasteiger charge is 2.27. The molecule has 1 aromatic rings. The molecule has 3 N–H and O–H groups in total. The van der Waals surface area contributed by atoms with E-state index in [0.717, 1.165) is 10.0 Å². The average Bonchev–Trinajstić information content (AvgIpc) is 2.17. The third kappa shape index (κ3) is 3.45. The molecule has 1 atom stereocenters. The van der Waals surface area contributed by atoms with Crippen LogP contribution >= 0.6 is 28.3 Å². The third-order valence-electron chi connectivity index (χ3n) is 2.49. The first-order chi connectivity index (χ1) is 6.49. The fourth-order valence-electron chi connectivity index (χ4n) is 1.25. The second-order valence-electron chi connectivity index (χ2n) is 4.15. The number of nitrogens with two attached hydrogens (primary N) is 1. The molecule has 0 spiro atoms. The first kappa shape index (κ1) is 14.9. The minimum atomic E-state index is -0.302. The van der Waals surface area contributed by atoms with Gasteiger partial charge in [-0.25, -0.2) is 0 Å². The molecular weight excluding hydrogens is 277 g/mol. The minimum absolute atomic E-state index is 0. The molecular formula is C11H17BrClNO. The third-order valence-corrected chi connectivity index (χ3v) is 3.21. The molecule has 0 heterocycles. The van der Waals surface area contributed by atoms with Crippen LogP contribution < -0.4 is 5.73 Å². The minimum Gasteiger partial charge on any atom is -0.396 e. The van der Waals surface area contributed by atoms with Crippen LogP contribution in [0.5, 0.6) is 0 Å². The van der Waals surface area contributed by atoms with Gasteiger partial charge in [0.2, 0.25) is 0 Å². The Balaban J connectivity index is 0.00000196. The Morgan fingerprint density at radius 3 is 2.40 bits per heavy atom. The fourth-order valence-corrected chi connectivity index (χ4v) is 1.78. The fraction of sp³-hybridized carbons (Fsp3) is 0.455. The lowest BCUT2D eigenvalue weighted by atomic mass is 9.82. The van der Waals surface area contributed by atoms with Crippen LogP contribution in [0.2, 0.25) is 0 Å². The van der Waals surface area contributed by atoms with Crippen molar-refractivity contribution in [2.45, 2.75) is 19.9 Å². The van der Waals surface area contributed by atoms with E-state index in [4.69, 9.17) is 5.73 Å². The molecule has 0 amide bonds. The van der Waals surface area contributed by atoms with Gasteiger partial charge in [0.1, 0.15) is 0 Å². The number of rotatable bonds is 3. The Morgan fingerprint density at radius 1 is 1.40 bits per heavy atom. The Hall–Kier alpha value is -0.0900. The molecule has 0 aliphatic heterocycles. The van der Waals surface area contributed by atoms with Gasteiger partial charge in [0.15, 0.2) is 0 Å². The van der Waals surface area contributed by atoms with Crippen LogP contribution in [-0.4, -0.2) is 11.7 Å². The summed E-state index contributed by atoms with van der Waals surface area (Å²) in [6.45, 7) is 3.99. The maximum absolute atomic E-state index is 9.22. The van der Waals surface area contributed by atoms with Gasteiger partial charge in [-0.3, -0.25) is 0 Å². The predicted octanol–water partition coefficient (Wildman–Crippen LogP) is 2.89. The van der Waals surface area contributed by atoms with Crippen molar-refractivity contribution in [3.63, 3.8) is 0 Å². The zero-order chi connectivity index (χ0) is 10.8. The summed E-state index contributed by atoms with van der Waals surface area (Å²) in [6.07, 6.45) is 0. The van der Waals surface area contributed by atoms with Crippen LogP contribution in [0, 0.1) is 5.41 Å². The van der Waals surface area contributed by atoms with Crippen LogP contribution in [0.15, 0.2) is 28.7 Å². The van der Waals surface area contributed by atoms with Crippen LogP contribution in [0.25, 0.3) is 0 Å². The van der Waals surface area contributed by atoms with Gasteiger partial charge in [-0.15, -0.1) is 12.4 Å². The van der Waals surface area contributed by atoms with E-state index in [-0.39, 0.29) is 30.5 Å². The summed E-state index contributed by atoms with van der Waals surface area (Å²) >= 11 is 3.46. The maximum Gasteiger partial charge on any atom is 0.0500 e. The van der Waals surface area contributed by atoms with Crippen molar-refractivity contribution < 1.29 is 5.11 Å². The SMILES string of the molecule is CC(C)(CO)[C@@H](N)c1ccccc1Br.Cl. The number of benzene rings is 1. The molecule has 0 aliphatic rings. The van der Waals surface area contributed by atoms with Gasteiger partial charge < -0.3 is 10.8 Å². The molecule has 0 bridgehead atoms. The van der Waals surface area contributed by atoms with E-state index >= 15 is 0 Å². The molecule has 2 nitrogen and oxygen atoms in total. The van der Waals surface area contributed by atoms with Crippen molar-refractivity contribution in [1.82, 2.24) is 0 Å². The van der Waals surface area contributed by atoms with Crippen molar-refractivity contribution >= 4 is 28.3 Å². The molecule has 0 saturated heterocycles. The van der Waals surface area contributed by atoms with Gasteiger partial charge in [0.25, 0.3) is 0 Å². The zero-order valence-corrected chi connectivity index (χ0v) is 11.3. The van der Waals surface area contributed by atoms with Gasteiger partial charge in [0, 0.05) is 22.5 Å². The zero-order valence-electron chi connectivity index (χ0n) is 8.90. The number of aliphatic hydroxyl groups excluding tert-OH is 1. The van der Waals surface area contributed by atoms with E-state index in [1.807, 2.05) is 38.1 Å². The van der Waals surface area contributed by atoms with E-state index in [2.05, 4.69) is 15.9 Å². The van der Waals surface area contributed by atoms with E-state index in [9.17, 15) is 5.11 Å². The molecule has 0 aliphatic carbocycles. The Labute approximate surface area is 105 Å². The van der Waals surface area contributed by atoms with E-state index in [1.54, 1.807) is 0 Å². The highest BCUT2D eigenvalue weighted by Crippen LogP contribution is 2.34. The van der Waals surface area contributed by atoms with Crippen molar-refractivity contribution in [3.05, 3.63) is 34.3 Å². The summed E-state index contributed by atoms with van der Waals surface area (Å²) in [5.74, 6) is 0. The molecule has 0 aromatic heterocycles. The van der Waals surface area contributed by atoms with Crippen LogP contribution in [-0.2, 0) is 0 Å². The Morgan fingerprint density at radius 2 is 1.93 bits per heavy atom. The Kier molecular flexibility index (Phi) is 5.81. The molecule has 1 rings (SSSR count). The van der Waals surface area contributed by atoms with Gasteiger partial charge in [-0.05, 0) is 11.6 Å². The molecule has 86 valence electrons. The first-order valence-corrected chi connectivity index (χ1v) is 5.39. The van der Waals surface area contributed by atoms with E-state index in [0.29, 0.717) is 0 Å². The summed E-state index contributed by atoms with van der Waals surface area (Å²) in [4.78, 5) is 0. The normalized spacial score (nSPS) is 13.1. The molecule has 0 fully saturated rings. The Bertz CT molecular complexity index is 317. The lowest BCUT2D eigenvalue weighted by Crippen LogP contribution is -2.32. The van der Waals surface area contributed by atoms with Gasteiger partial charge in [-0.1, -0.05) is 48.0 Å². The van der Waals surface area contributed by atoms with Gasteiger partial charge in [-0.2, -0.15) is 0 Å². The number of halogens is 2. The summed E-state index contributed by atoms with van der Waals surface area (Å²) in [5.41, 5.74) is 6.83. The second-order valence-corrected chi connectivity index (χ2v) is 5.00. The smallest absolute Gasteiger partial charge is 0.0500 e. The van der Waals surface area contributed by atoms with Crippen LogP contribution in [0.3, 0.4) is 0 Å². The summed E-state index contributed by atoms with van der Waals surface area (Å²) in [6, 6.07) is 7.68. The quantitative estimate of drug-likeness (QED) is 0.900. The molecule has 4 heteroatoms. The predicted molar refractivity (Wildman–Crippen MR) is 69.2 cm³/mol. The highest BCUT2D eigenvalue weighted by atomic mass is 79.9. The summed E-state index contributed by atoms with van der Waals surface area (Å²) in [5, 5.41) is 9.22. The number of aliphatic hydroxyl groups is 1. The van der Waals surface area contributed by atoms with Crippen molar-refractivity contribution in [1.29, 1.82) is 0 Å². The molecule has 15 heavy (non-hydrogen) atoms. The molecule has 0 unspecified atom stereocenters. The lowest BCUT2D eigenvalue weighted by Gasteiger charge is -2.30. The van der Waals surface area contributed by atoms with Crippen molar-refractivity contribution in [2.75, 3.05) is 6.61 Å². The van der Waals surface area contributed by atoms with Crippen LogP contribution in [0.4, 0.5) is 0 Å². The second kappa shape index (κ2) is 5.85. The van der Waals surface area contributed by atoms with Crippen molar-refractivity contribution in [2.24, 2.45) is 11.1 Å². The van der Waals surface area contributed by atoms with E-state index < -0.39 is 0 Å². The lowest BCUT2D eigenvalue weighted by molar-refractivity contribution is 0.132. The average molecular weight is 295 g/mol. The maximum atomic E-state index is 9.22. The monoisotopic (exact) mass is 293 g/mol. The van der Waals surface area contributed by atoms with Crippen LogP contribution in [0.1, 0.15) is 25.5 Å². The van der Waals surface area contributed by atoms with Gasteiger partial charge in [0.05, 0.1) is 0 Å². The largest absolute Gasteiger partial charge is 0.396 e. The van der Waals surface area contributed by atoms with E-state index in [1.165, 1.54) is 0 Å². The topological polar surface area (TPSA) is 46.2 Å². The molecule has 1 aromatic carbocycles. The number of hydrogen-bond donors (Lipinski definition) is 2. The number of hydrogen-bond acceptors (Lipinski definition) is 2. The van der Waals surface area contributed by atoms with Gasteiger partial charge >= 0.3 is 0 Å². The molecule has 0 saturated carbocycles. The summed E-state index contributed by atoms with van der Waals surface area (Å²) in [7, 11) is 0. The standard InChI is InChI=1S/C11H16BrNO.ClH/c1-11(2,7-14)10(13)8-5-3-4-6-9(8)12;/h3-6,10,14H,7,13H2,1-2H3;1H/t10-;/m0./s1. The highest BCUT2D eigenvalue weighted by molar-refractivity contribution is 9.10. The first-order valence-electron chi connectivity index (χ1n) is 4.60.